The maximum absolute atomic E-state index is 10.1. The van der Waals surface area contributed by atoms with Crippen LogP contribution in [0.4, 0.5) is 0 Å². The molecule has 1 N–H and O–H groups in total. The lowest BCUT2D eigenvalue weighted by Crippen LogP contribution is -2.28. The van der Waals surface area contributed by atoms with Gasteiger partial charge in [0.2, 0.25) is 0 Å². The topological polar surface area (TPSA) is 23.5 Å². The van der Waals surface area contributed by atoms with Crippen LogP contribution in [0.1, 0.15) is 37.3 Å². The van der Waals surface area contributed by atoms with Crippen LogP contribution >= 0.6 is 0 Å². The summed E-state index contributed by atoms with van der Waals surface area (Å²) in [6.45, 7) is 7.25. The van der Waals surface area contributed by atoms with E-state index < -0.39 is 5.60 Å². The summed E-state index contributed by atoms with van der Waals surface area (Å²) in [6, 6.07) is 8.57. The number of likely N-dealkylation sites (tertiary alicyclic amines) is 1. The highest BCUT2D eigenvalue weighted by Crippen LogP contribution is 2.22. The zero-order chi connectivity index (χ0) is 12.3. The number of nitrogens with zero attached hydrogens (tertiary/aromatic N) is 1. The van der Waals surface area contributed by atoms with Gasteiger partial charge in [-0.05, 0) is 50.8 Å². The molecule has 0 radical (unpaired) electrons. The Kier molecular flexibility index (Phi) is 3.85. The van der Waals surface area contributed by atoms with Gasteiger partial charge in [0.15, 0.2) is 0 Å². The predicted octanol–water partition coefficient (Wildman–Crippen LogP) is 2.73. The maximum atomic E-state index is 10.1. The van der Waals surface area contributed by atoms with Crippen molar-refractivity contribution >= 4 is 0 Å². The molecule has 1 heterocycles. The zero-order valence-corrected chi connectivity index (χ0v) is 10.9. The van der Waals surface area contributed by atoms with E-state index in [9.17, 15) is 5.11 Å². The molecule has 1 saturated heterocycles. The van der Waals surface area contributed by atoms with Crippen LogP contribution in [0.3, 0.4) is 0 Å². The number of benzene rings is 1. The van der Waals surface area contributed by atoms with Crippen molar-refractivity contribution in [3.8, 4) is 0 Å². The molecule has 0 aliphatic carbocycles. The minimum atomic E-state index is -0.458. The summed E-state index contributed by atoms with van der Waals surface area (Å²) < 4.78 is 0. The molecule has 1 fully saturated rings. The van der Waals surface area contributed by atoms with Crippen LogP contribution in [0.2, 0.25) is 0 Å². The van der Waals surface area contributed by atoms with Crippen LogP contribution in [-0.4, -0.2) is 28.7 Å². The molecule has 1 aliphatic heterocycles. The molecule has 0 aromatic heterocycles. The molecule has 94 valence electrons. The van der Waals surface area contributed by atoms with E-state index >= 15 is 0 Å². The lowest BCUT2D eigenvalue weighted by atomic mass is 9.98. The summed E-state index contributed by atoms with van der Waals surface area (Å²) in [7, 11) is 0. The van der Waals surface area contributed by atoms with Gasteiger partial charge in [0, 0.05) is 13.1 Å². The minimum absolute atomic E-state index is 0.458. The van der Waals surface area contributed by atoms with Gasteiger partial charge in [0.05, 0.1) is 5.60 Å². The Hall–Kier alpha value is -0.860. The van der Waals surface area contributed by atoms with E-state index in [0.29, 0.717) is 0 Å². The molecule has 1 aromatic rings. The number of hydrogen-bond donors (Lipinski definition) is 1. The van der Waals surface area contributed by atoms with Crippen LogP contribution in [0, 0.1) is 6.92 Å². The number of hydrogen-bond acceptors (Lipinski definition) is 2. The van der Waals surface area contributed by atoms with Crippen LogP contribution in [0.25, 0.3) is 0 Å². The van der Waals surface area contributed by atoms with Gasteiger partial charge in [-0.2, -0.15) is 0 Å². The van der Waals surface area contributed by atoms with E-state index in [0.717, 1.165) is 38.9 Å². The van der Waals surface area contributed by atoms with E-state index in [4.69, 9.17) is 0 Å². The molecule has 0 bridgehead atoms. The molecule has 1 atom stereocenters. The first-order chi connectivity index (χ1) is 8.07. The van der Waals surface area contributed by atoms with Crippen molar-refractivity contribution in [1.29, 1.82) is 0 Å². The molecule has 1 unspecified atom stereocenters. The van der Waals surface area contributed by atoms with E-state index in [1.807, 2.05) is 6.92 Å². The average Bonchev–Trinajstić information content (AvgIpc) is 2.44. The third kappa shape index (κ3) is 3.55. The first-order valence-electron chi connectivity index (χ1n) is 6.56. The molecule has 0 amide bonds. The Morgan fingerprint density at radius 2 is 2.00 bits per heavy atom. The fourth-order valence-corrected chi connectivity index (χ4v) is 2.51. The summed E-state index contributed by atoms with van der Waals surface area (Å²) >= 11 is 0. The summed E-state index contributed by atoms with van der Waals surface area (Å²) in [5.74, 6) is 0. The summed E-state index contributed by atoms with van der Waals surface area (Å²) in [6.07, 6.45) is 2.91. The molecule has 0 saturated carbocycles. The second kappa shape index (κ2) is 5.19. The van der Waals surface area contributed by atoms with Gasteiger partial charge in [-0.15, -0.1) is 0 Å². The van der Waals surface area contributed by atoms with Gasteiger partial charge >= 0.3 is 0 Å². The zero-order valence-electron chi connectivity index (χ0n) is 10.9. The van der Waals surface area contributed by atoms with Gasteiger partial charge < -0.3 is 5.11 Å². The predicted molar refractivity (Wildman–Crippen MR) is 70.9 cm³/mol. The summed E-state index contributed by atoms with van der Waals surface area (Å²) in [5, 5.41) is 10.1. The van der Waals surface area contributed by atoms with E-state index in [1.165, 1.54) is 11.1 Å². The molecule has 2 rings (SSSR count). The molecule has 2 heteroatoms. The highest BCUT2D eigenvalue weighted by Gasteiger charge is 2.24. The van der Waals surface area contributed by atoms with Crippen molar-refractivity contribution in [2.75, 3.05) is 13.1 Å². The Labute approximate surface area is 104 Å². The molecule has 2 nitrogen and oxygen atoms in total. The van der Waals surface area contributed by atoms with Gasteiger partial charge in [0.25, 0.3) is 0 Å². The second-order valence-electron chi connectivity index (χ2n) is 5.55. The molecule has 1 aromatic carbocycles. The largest absolute Gasteiger partial charge is 0.390 e. The maximum Gasteiger partial charge on any atom is 0.0632 e. The van der Waals surface area contributed by atoms with Crippen molar-refractivity contribution in [1.82, 2.24) is 4.90 Å². The van der Waals surface area contributed by atoms with Crippen molar-refractivity contribution in [2.45, 2.75) is 45.3 Å². The summed E-state index contributed by atoms with van der Waals surface area (Å²) in [4.78, 5) is 2.46. The minimum Gasteiger partial charge on any atom is -0.390 e. The Bertz CT molecular complexity index is 373. The van der Waals surface area contributed by atoms with Gasteiger partial charge in [0.1, 0.15) is 0 Å². The van der Waals surface area contributed by atoms with Crippen molar-refractivity contribution < 1.29 is 5.11 Å². The van der Waals surface area contributed by atoms with Gasteiger partial charge in [-0.3, -0.25) is 4.90 Å². The highest BCUT2D eigenvalue weighted by atomic mass is 16.3. The average molecular weight is 233 g/mol. The fraction of sp³-hybridized carbons (Fsp3) is 0.600. The third-order valence-corrected chi connectivity index (χ3v) is 3.81. The van der Waals surface area contributed by atoms with Crippen molar-refractivity contribution in [3.63, 3.8) is 0 Å². The first kappa shape index (κ1) is 12.6. The molecule has 0 spiro atoms. The Morgan fingerprint density at radius 3 is 2.76 bits per heavy atom. The van der Waals surface area contributed by atoms with Crippen molar-refractivity contribution in [2.24, 2.45) is 0 Å². The van der Waals surface area contributed by atoms with E-state index in [-0.39, 0.29) is 0 Å². The number of aliphatic hydroxyl groups is 1. The van der Waals surface area contributed by atoms with Crippen LogP contribution < -0.4 is 0 Å². The standard InChI is InChI=1S/C15H23NO/c1-13-6-3-4-7-14(13)12-16-10-5-8-15(2,17)9-11-16/h3-4,6-7,17H,5,8-12H2,1-2H3. The molecular weight excluding hydrogens is 210 g/mol. The quantitative estimate of drug-likeness (QED) is 0.849. The third-order valence-electron chi connectivity index (χ3n) is 3.81. The van der Waals surface area contributed by atoms with Crippen LogP contribution in [0.15, 0.2) is 24.3 Å². The van der Waals surface area contributed by atoms with Gasteiger partial charge in [-0.1, -0.05) is 24.3 Å². The number of rotatable bonds is 2. The van der Waals surface area contributed by atoms with E-state index in [1.54, 1.807) is 0 Å². The highest BCUT2D eigenvalue weighted by molar-refractivity contribution is 5.25. The first-order valence-corrected chi connectivity index (χ1v) is 6.56. The molecule has 1 aliphatic rings. The van der Waals surface area contributed by atoms with E-state index in [2.05, 4.69) is 36.1 Å². The SMILES string of the molecule is Cc1ccccc1CN1CCCC(C)(O)CC1. The number of aryl methyl sites for hydroxylation is 1. The molecular formula is C15H23NO. The van der Waals surface area contributed by atoms with Crippen LogP contribution in [-0.2, 0) is 6.54 Å². The summed E-state index contributed by atoms with van der Waals surface area (Å²) in [5.41, 5.74) is 2.32. The Morgan fingerprint density at radius 1 is 1.24 bits per heavy atom. The Balaban J connectivity index is 1.98. The lowest BCUT2D eigenvalue weighted by molar-refractivity contribution is 0.0444. The second-order valence-corrected chi connectivity index (χ2v) is 5.55. The normalized spacial score (nSPS) is 26.8. The van der Waals surface area contributed by atoms with Crippen LogP contribution in [0.5, 0.6) is 0 Å². The fourth-order valence-electron chi connectivity index (χ4n) is 2.51. The molecule has 17 heavy (non-hydrogen) atoms. The van der Waals surface area contributed by atoms with Crippen molar-refractivity contribution in [3.05, 3.63) is 35.4 Å². The smallest absolute Gasteiger partial charge is 0.0632 e. The lowest BCUT2D eigenvalue weighted by Gasteiger charge is -2.23. The monoisotopic (exact) mass is 233 g/mol. The van der Waals surface area contributed by atoms with Gasteiger partial charge in [-0.25, -0.2) is 0 Å².